The number of hydrogen-bond donors (Lipinski definition) is 1. The molecule has 1 aromatic carbocycles. The van der Waals surface area contributed by atoms with Gasteiger partial charge in [-0.3, -0.25) is 9.59 Å². The maximum absolute atomic E-state index is 12.4. The number of ketones is 1. The smallest absolute Gasteiger partial charge is 0.257 e. The lowest BCUT2D eigenvalue weighted by atomic mass is 10.1. The van der Waals surface area contributed by atoms with Gasteiger partial charge in [0.25, 0.3) is 5.91 Å². The Morgan fingerprint density at radius 3 is 2.89 bits per heavy atom. The summed E-state index contributed by atoms with van der Waals surface area (Å²) in [6.45, 7) is 2.14. The highest BCUT2D eigenvalue weighted by Gasteiger charge is 2.31. The monoisotopic (exact) mass is 281 g/mol. The standard InChI is InChI=1S/C14H16ClNO3/c1-9(17)7-11-3-2-6-16(11)14(19)12-8-10(15)4-5-13(12)18/h4-5,8,11,18H,2-3,6-7H2,1H3. The topological polar surface area (TPSA) is 57.6 Å². The van der Waals surface area contributed by atoms with E-state index < -0.39 is 0 Å². The molecule has 4 nitrogen and oxygen atoms in total. The van der Waals surface area contributed by atoms with Crippen molar-refractivity contribution in [3.63, 3.8) is 0 Å². The second kappa shape index (κ2) is 5.61. The normalized spacial score (nSPS) is 18.6. The molecule has 102 valence electrons. The van der Waals surface area contributed by atoms with Gasteiger partial charge in [-0.2, -0.15) is 0 Å². The zero-order valence-electron chi connectivity index (χ0n) is 10.7. The molecule has 5 heteroatoms. The van der Waals surface area contributed by atoms with Gasteiger partial charge in [-0.25, -0.2) is 0 Å². The molecule has 1 aliphatic heterocycles. The first-order chi connectivity index (χ1) is 8.99. The van der Waals surface area contributed by atoms with Crippen LogP contribution in [0.5, 0.6) is 5.75 Å². The van der Waals surface area contributed by atoms with Gasteiger partial charge in [-0.05, 0) is 38.0 Å². The Bertz CT molecular complexity index is 515. The van der Waals surface area contributed by atoms with Gasteiger partial charge in [0.1, 0.15) is 11.5 Å². The van der Waals surface area contributed by atoms with E-state index in [1.807, 2.05) is 0 Å². The van der Waals surface area contributed by atoms with Crippen LogP contribution in [-0.4, -0.2) is 34.3 Å². The molecule has 1 aliphatic rings. The minimum absolute atomic E-state index is 0.0663. The van der Waals surface area contributed by atoms with E-state index in [0.29, 0.717) is 18.0 Å². The molecule has 19 heavy (non-hydrogen) atoms. The third-order valence-electron chi connectivity index (χ3n) is 3.35. The van der Waals surface area contributed by atoms with Crippen LogP contribution in [0.4, 0.5) is 0 Å². The first-order valence-electron chi connectivity index (χ1n) is 6.28. The maximum Gasteiger partial charge on any atom is 0.257 e. The van der Waals surface area contributed by atoms with Gasteiger partial charge < -0.3 is 10.0 Å². The first kappa shape index (κ1) is 13.9. The third kappa shape index (κ3) is 3.07. The van der Waals surface area contributed by atoms with Crippen molar-refractivity contribution in [1.29, 1.82) is 0 Å². The third-order valence-corrected chi connectivity index (χ3v) is 3.59. The number of amides is 1. The summed E-state index contributed by atoms with van der Waals surface area (Å²) in [5.41, 5.74) is 0.197. The number of benzene rings is 1. The summed E-state index contributed by atoms with van der Waals surface area (Å²) in [6.07, 6.45) is 2.07. The molecule has 1 saturated heterocycles. The molecule has 2 rings (SSSR count). The lowest BCUT2D eigenvalue weighted by molar-refractivity contribution is -0.117. The predicted octanol–water partition coefficient (Wildman–Crippen LogP) is 2.63. The highest BCUT2D eigenvalue weighted by Crippen LogP contribution is 2.27. The van der Waals surface area contributed by atoms with E-state index in [2.05, 4.69) is 0 Å². The summed E-state index contributed by atoms with van der Waals surface area (Å²) in [5.74, 6) is -0.272. The molecule has 0 spiro atoms. The minimum atomic E-state index is -0.260. The molecule has 1 fully saturated rings. The van der Waals surface area contributed by atoms with Crippen molar-refractivity contribution in [2.45, 2.75) is 32.2 Å². The number of halogens is 1. The summed E-state index contributed by atoms with van der Waals surface area (Å²) in [7, 11) is 0. The van der Waals surface area contributed by atoms with Crippen LogP contribution in [0.3, 0.4) is 0 Å². The summed E-state index contributed by atoms with van der Waals surface area (Å²) >= 11 is 5.85. The number of rotatable bonds is 3. The molecule has 0 bridgehead atoms. The van der Waals surface area contributed by atoms with Crippen LogP contribution in [0.25, 0.3) is 0 Å². The largest absolute Gasteiger partial charge is 0.507 e. The van der Waals surface area contributed by atoms with Crippen molar-refractivity contribution in [1.82, 2.24) is 4.90 Å². The number of aromatic hydroxyl groups is 1. The molecule has 0 aromatic heterocycles. The molecular weight excluding hydrogens is 266 g/mol. The second-order valence-corrected chi connectivity index (χ2v) is 5.30. The van der Waals surface area contributed by atoms with Gasteiger partial charge in [0.15, 0.2) is 0 Å². The second-order valence-electron chi connectivity index (χ2n) is 4.86. The van der Waals surface area contributed by atoms with E-state index >= 15 is 0 Å². The number of hydrogen-bond acceptors (Lipinski definition) is 3. The SMILES string of the molecule is CC(=O)CC1CCCN1C(=O)c1cc(Cl)ccc1O. The Morgan fingerprint density at radius 2 is 2.21 bits per heavy atom. The fourth-order valence-electron chi connectivity index (χ4n) is 2.48. The van der Waals surface area contributed by atoms with Gasteiger partial charge in [0, 0.05) is 24.0 Å². The van der Waals surface area contributed by atoms with Crippen molar-refractivity contribution < 1.29 is 14.7 Å². The van der Waals surface area contributed by atoms with Gasteiger partial charge in [-0.1, -0.05) is 11.6 Å². The Labute approximate surface area is 117 Å². The van der Waals surface area contributed by atoms with Crippen LogP contribution in [-0.2, 0) is 4.79 Å². The summed E-state index contributed by atoms with van der Waals surface area (Å²) < 4.78 is 0. The summed E-state index contributed by atoms with van der Waals surface area (Å²) in [5, 5.41) is 10.2. The van der Waals surface area contributed by atoms with Crippen LogP contribution in [0.1, 0.15) is 36.5 Å². The summed E-state index contributed by atoms with van der Waals surface area (Å²) in [6, 6.07) is 4.34. The average Bonchev–Trinajstić information content (AvgIpc) is 2.78. The molecule has 1 amide bonds. The Hall–Kier alpha value is -1.55. The highest BCUT2D eigenvalue weighted by atomic mass is 35.5. The van der Waals surface area contributed by atoms with Crippen LogP contribution < -0.4 is 0 Å². The fourth-order valence-corrected chi connectivity index (χ4v) is 2.65. The molecule has 1 heterocycles. The molecule has 1 aromatic rings. The summed E-state index contributed by atoms with van der Waals surface area (Å²) in [4.78, 5) is 25.3. The van der Waals surface area contributed by atoms with E-state index in [9.17, 15) is 14.7 Å². The number of phenolic OH excluding ortho intramolecular Hbond substituents is 1. The molecule has 0 aliphatic carbocycles. The Kier molecular flexibility index (Phi) is 4.10. The van der Waals surface area contributed by atoms with Crippen molar-refractivity contribution in [2.75, 3.05) is 6.54 Å². The lowest BCUT2D eigenvalue weighted by Gasteiger charge is -2.24. The van der Waals surface area contributed by atoms with Crippen LogP contribution in [0, 0.1) is 0 Å². The van der Waals surface area contributed by atoms with E-state index in [0.717, 1.165) is 12.8 Å². The Morgan fingerprint density at radius 1 is 1.47 bits per heavy atom. The van der Waals surface area contributed by atoms with Crippen molar-refractivity contribution >= 4 is 23.3 Å². The predicted molar refractivity (Wildman–Crippen MR) is 72.5 cm³/mol. The molecule has 1 N–H and O–H groups in total. The van der Waals surface area contributed by atoms with Gasteiger partial charge in [0.2, 0.25) is 0 Å². The van der Waals surface area contributed by atoms with E-state index in [1.54, 1.807) is 4.90 Å². The maximum atomic E-state index is 12.4. The van der Waals surface area contributed by atoms with E-state index in [1.165, 1.54) is 25.1 Å². The fraction of sp³-hybridized carbons (Fsp3) is 0.429. The van der Waals surface area contributed by atoms with Gasteiger partial charge in [-0.15, -0.1) is 0 Å². The number of Topliss-reactive ketones (excluding diaryl/α,β-unsaturated/α-hetero) is 1. The number of nitrogens with zero attached hydrogens (tertiary/aromatic N) is 1. The van der Waals surface area contributed by atoms with Crippen LogP contribution in [0.15, 0.2) is 18.2 Å². The number of phenols is 1. The molecule has 0 radical (unpaired) electrons. The average molecular weight is 282 g/mol. The quantitative estimate of drug-likeness (QED) is 0.926. The van der Waals surface area contributed by atoms with Crippen LogP contribution >= 0.6 is 11.6 Å². The van der Waals surface area contributed by atoms with Crippen LogP contribution in [0.2, 0.25) is 5.02 Å². The van der Waals surface area contributed by atoms with Crippen molar-refractivity contribution in [3.8, 4) is 5.75 Å². The number of carbonyl (C=O) groups excluding carboxylic acids is 2. The first-order valence-corrected chi connectivity index (χ1v) is 6.65. The van der Waals surface area contributed by atoms with Crippen molar-refractivity contribution in [3.05, 3.63) is 28.8 Å². The number of likely N-dealkylation sites (tertiary alicyclic amines) is 1. The molecule has 1 atom stereocenters. The Balaban J connectivity index is 2.23. The van der Waals surface area contributed by atoms with Gasteiger partial charge in [0.05, 0.1) is 5.56 Å². The highest BCUT2D eigenvalue weighted by molar-refractivity contribution is 6.31. The van der Waals surface area contributed by atoms with E-state index in [4.69, 9.17) is 11.6 Å². The minimum Gasteiger partial charge on any atom is -0.507 e. The molecular formula is C14H16ClNO3. The zero-order valence-corrected chi connectivity index (χ0v) is 11.5. The van der Waals surface area contributed by atoms with Gasteiger partial charge >= 0.3 is 0 Å². The zero-order chi connectivity index (χ0) is 14.0. The van der Waals surface area contributed by atoms with Crippen molar-refractivity contribution in [2.24, 2.45) is 0 Å². The van der Waals surface area contributed by atoms with E-state index in [-0.39, 0.29) is 29.0 Å². The number of carbonyl (C=O) groups is 2. The lowest BCUT2D eigenvalue weighted by Crippen LogP contribution is -2.36. The molecule has 1 unspecified atom stereocenters. The molecule has 0 saturated carbocycles.